The summed E-state index contributed by atoms with van der Waals surface area (Å²) in [6.45, 7) is 1.68. The quantitative estimate of drug-likeness (QED) is 0.480. The van der Waals surface area contributed by atoms with Crippen molar-refractivity contribution in [2.75, 3.05) is 32.7 Å². The molecule has 0 aliphatic heterocycles. The number of methoxy groups -OCH3 is 1. The number of urea groups is 1. The van der Waals surface area contributed by atoms with Gasteiger partial charge in [0.15, 0.2) is 0 Å². The third-order valence-electron chi connectivity index (χ3n) is 1.19. The van der Waals surface area contributed by atoms with Crippen molar-refractivity contribution in [3.05, 3.63) is 0 Å². The van der Waals surface area contributed by atoms with E-state index >= 15 is 0 Å². The number of carbonyl (C=O) groups excluding carboxylic acids is 1. The van der Waals surface area contributed by atoms with Crippen molar-refractivity contribution < 1.29 is 9.53 Å². The van der Waals surface area contributed by atoms with Gasteiger partial charge >= 0.3 is 6.03 Å². The number of nitrogens with one attached hydrogen (secondary N) is 2. The lowest BCUT2D eigenvalue weighted by Crippen LogP contribution is -2.37. The van der Waals surface area contributed by atoms with E-state index in [-0.39, 0.29) is 6.03 Å². The standard InChI is InChI=1S/C7H15ClN2O2/c1-12-6-5-10-7(11)9-4-2-3-8/h2-6H2,1H3,(H2,9,10,11). The maximum absolute atomic E-state index is 10.9. The summed E-state index contributed by atoms with van der Waals surface area (Å²) in [5.41, 5.74) is 0. The van der Waals surface area contributed by atoms with Crippen molar-refractivity contribution >= 4 is 17.6 Å². The van der Waals surface area contributed by atoms with Crippen molar-refractivity contribution in [1.29, 1.82) is 0 Å². The number of rotatable bonds is 6. The molecule has 4 nitrogen and oxygen atoms in total. The maximum Gasteiger partial charge on any atom is 0.314 e. The zero-order valence-electron chi connectivity index (χ0n) is 7.23. The smallest absolute Gasteiger partial charge is 0.314 e. The number of halogens is 1. The highest BCUT2D eigenvalue weighted by Crippen LogP contribution is 1.80. The third kappa shape index (κ3) is 7.63. The average molecular weight is 195 g/mol. The molecule has 0 aromatic carbocycles. The first-order valence-electron chi connectivity index (χ1n) is 3.88. The lowest BCUT2D eigenvalue weighted by atomic mass is 10.5. The van der Waals surface area contributed by atoms with Gasteiger partial charge in [-0.05, 0) is 6.42 Å². The molecule has 0 aromatic rings. The van der Waals surface area contributed by atoms with E-state index < -0.39 is 0 Å². The highest BCUT2D eigenvalue weighted by Gasteiger charge is 1.96. The fourth-order valence-corrected chi connectivity index (χ4v) is 0.731. The van der Waals surface area contributed by atoms with Crippen LogP contribution in [-0.4, -0.2) is 38.7 Å². The molecule has 2 N–H and O–H groups in total. The van der Waals surface area contributed by atoms with E-state index in [1.165, 1.54) is 0 Å². The molecule has 5 heteroatoms. The van der Waals surface area contributed by atoms with Crippen molar-refractivity contribution in [1.82, 2.24) is 10.6 Å². The average Bonchev–Trinajstić information content (AvgIpc) is 2.06. The first kappa shape index (κ1) is 11.5. The molecular weight excluding hydrogens is 180 g/mol. The van der Waals surface area contributed by atoms with Crippen LogP contribution in [0.15, 0.2) is 0 Å². The summed E-state index contributed by atoms with van der Waals surface area (Å²) in [5, 5.41) is 5.28. The molecule has 72 valence electrons. The Hall–Kier alpha value is -0.480. The minimum absolute atomic E-state index is 0.169. The number of carbonyl (C=O) groups is 1. The lowest BCUT2D eigenvalue weighted by Gasteiger charge is -2.05. The molecule has 0 saturated carbocycles. The van der Waals surface area contributed by atoms with Gasteiger partial charge in [-0.3, -0.25) is 0 Å². The summed E-state index contributed by atoms with van der Waals surface area (Å²) in [4.78, 5) is 10.9. The predicted octanol–water partition coefficient (Wildman–Crippen LogP) is 0.561. The van der Waals surface area contributed by atoms with Gasteiger partial charge in [-0.25, -0.2) is 4.79 Å². The van der Waals surface area contributed by atoms with E-state index in [2.05, 4.69) is 10.6 Å². The van der Waals surface area contributed by atoms with Gasteiger partial charge in [0.1, 0.15) is 0 Å². The number of alkyl halides is 1. The largest absolute Gasteiger partial charge is 0.383 e. The second-order valence-corrected chi connectivity index (χ2v) is 2.60. The van der Waals surface area contributed by atoms with E-state index in [0.29, 0.717) is 25.6 Å². The number of ether oxygens (including phenoxy) is 1. The highest BCUT2D eigenvalue weighted by atomic mass is 35.5. The van der Waals surface area contributed by atoms with Gasteiger partial charge in [0.05, 0.1) is 6.61 Å². The molecule has 0 radical (unpaired) electrons. The van der Waals surface area contributed by atoms with Crippen LogP contribution in [0.3, 0.4) is 0 Å². The summed E-state index contributed by atoms with van der Waals surface area (Å²) >= 11 is 5.42. The predicted molar refractivity (Wildman–Crippen MR) is 48.6 cm³/mol. The molecular formula is C7H15ClN2O2. The summed E-state index contributed by atoms with van der Waals surface area (Å²) in [6.07, 6.45) is 0.791. The van der Waals surface area contributed by atoms with Gasteiger partial charge < -0.3 is 15.4 Å². The summed E-state index contributed by atoms with van der Waals surface area (Å²) < 4.78 is 4.75. The van der Waals surface area contributed by atoms with Crippen molar-refractivity contribution in [3.8, 4) is 0 Å². The molecule has 12 heavy (non-hydrogen) atoms. The Morgan fingerprint density at radius 3 is 2.67 bits per heavy atom. The van der Waals surface area contributed by atoms with E-state index in [4.69, 9.17) is 16.3 Å². The molecule has 0 atom stereocenters. The van der Waals surface area contributed by atoms with E-state index in [1.807, 2.05) is 0 Å². The van der Waals surface area contributed by atoms with Gasteiger partial charge in [0, 0.05) is 26.1 Å². The van der Waals surface area contributed by atoms with E-state index in [0.717, 1.165) is 6.42 Å². The van der Waals surface area contributed by atoms with Crippen LogP contribution in [0.2, 0.25) is 0 Å². The molecule has 0 fully saturated rings. The van der Waals surface area contributed by atoms with Gasteiger partial charge in [-0.2, -0.15) is 0 Å². The first-order chi connectivity index (χ1) is 5.81. The van der Waals surface area contributed by atoms with Crippen LogP contribution in [-0.2, 0) is 4.74 Å². The molecule has 0 unspecified atom stereocenters. The Balaban J connectivity index is 3.10. The monoisotopic (exact) mass is 194 g/mol. The molecule has 0 aliphatic carbocycles. The van der Waals surface area contributed by atoms with Crippen molar-refractivity contribution in [3.63, 3.8) is 0 Å². The molecule has 0 bridgehead atoms. The fraction of sp³-hybridized carbons (Fsp3) is 0.857. The molecule has 0 saturated heterocycles. The Kier molecular flexibility index (Phi) is 8.27. The number of hydrogen-bond donors (Lipinski definition) is 2. The fourth-order valence-electron chi connectivity index (χ4n) is 0.598. The van der Waals surface area contributed by atoms with Gasteiger partial charge in [0.2, 0.25) is 0 Å². The maximum atomic E-state index is 10.9. The number of amides is 2. The minimum Gasteiger partial charge on any atom is -0.383 e. The van der Waals surface area contributed by atoms with Gasteiger partial charge in [-0.1, -0.05) is 0 Å². The zero-order chi connectivity index (χ0) is 9.23. The SMILES string of the molecule is COCCNC(=O)NCCCCl. The topological polar surface area (TPSA) is 50.4 Å². The van der Waals surface area contributed by atoms with Crippen LogP contribution in [0.5, 0.6) is 0 Å². The van der Waals surface area contributed by atoms with Crippen LogP contribution in [0.4, 0.5) is 4.79 Å². The van der Waals surface area contributed by atoms with Crippen molar-refractivity contribution in [2.45, 2.75) is 6.42 Å². The van der Waals surface area contributed by atoms with Crippen LogP contribution >= 0.6 is 11.6 Å². The molecule has 0 rings (SSSR count). The van der Waals surface area contributed by atoms with Crippen LogP contribution < -0.4 is 10.6 Å². The van der Waals surface area contributed by atoms with Crippen LogP contribution in [0.25, 0.3) is 0 Å². The summed E-state index contributed by atoms with van der Waals surface area (Å²) in [6, 6.07) is -0.169. The zero-order valence-corrected chi connectivity index (χ0v) is 7.99. The molecule has 0 spiro atoms. The molecule has 0 aliphatic rings. The molecule has 2 amide bonds. The second-order valence-electron chi connectivity index (χ2n) is 2.22. The molecule has 0 aromatic heterocycles. The van der Waals surface area contributed by atoms with Crippen LogP contribution in [0, 0.1) is 0 Å². The normalized spacial score (nSPS) is 9.50. The second kappa shape index (κ2) is 8.62. The molecule has 0 heterocycles. The summed E-state index contributed by atoms with van der Waals surface area (Å²) in [5.74, 6) is 0.568. The minimum atomic E-state index is -0.169. The van der Waals surface area contributed by atoms with E-state index in [1.54, 1.807) is 7.11 Å². The van der Waals surface area contributed by atoms with Crippen molar-refractivity contribution in [2.24, 2.45) is 0 Å². The van der Waals surface area contributed by atoms with Gasteiger partial charge in [-0.15, -0.1) is 11.6 Å². The van der Waals surface area contributed by atoms with E-state index in [9.17, 15) is 4.79 Å². The third-order valence-corrected chi connectivity index (χ3v) is 1.45. The number of hydrogen-bond acceptors (Lipinski definition) is 2. The lowest BCUT2D eigenvalue weighted by molar-refractivity contribution is 0.196. The first-order valence-corrected chi connectivity index (χ1v) is 4.41. The Morgan fingerprint density at radius 1 is 1.42 bits per heavy atom. The van der Waals surface area contributed by atoms with Gasteiger partial charge in [0.25, 0.3) is 0 Å². The Labute approximate surface area is 77.6 Å². The Bertz CT molecular complexity index is 110. The highest BCUT2D eigenvalue weighted by molar-refractivity contribution is 6.17. The van der Waals surface area contributed by atoms with Crippen LogP contribution in [0.1, 0.15) is 6.42 Å². The summed E-state index contributed by atoms with van der Waals surface area (Å²) in [7, 11) is 1.59. The Morgan fingerprint density at radius 2 is 2.08 bits per heavy atom.